The number of carbonyl (C=O) groups is 1. The van der Waals surface area contributed by atoms with E-state index in [2.05, 4.69) is 0 Å². The molecule has 1 saturated heterocycles. The molecule has 20 heavy (non-hydrogen) atoms. The molecule has 0 spiro atoms. The molecular weight excluding hydrogens is 274 g/mol. The van der Waals surface area contributed by atoms with Gasteiger partial charge < -0.3 is 14.4 Å². The largest absolute Gasteiger partial charge is 0.496 e. The average Bonchev–Trinajstić information content (AvgIpc) is 2.44. The van der Waals surface area contributed by atoms with E-state index in [1.165, 1.54) is 0 Å². The van der Waals surface area contributed by atoms with Gasteiger partial charge in [0.25, 0.3) is 5.91 Å². The Kier molecular flexibility index (Phi) is 4.94. The van der Waals surface area contributed by atoms with Crippen molar-refractivity contribution in [2.75, 3.05) is 26.5 Å². The first kappa shape index (κ1) is 15.2. The van der Waals surface area contributed by atoms with Crippen molar-refractivity contribution in [3.05, 3.63) is 23.8 Å². The first-order chi connectivity index (χ1) is 9.55. The van der Waals surface area contributed by atoms with Crippen molar-refractivity contribution in [1.29, 1.82) is 0 Å². The summed E-state index contributed by atoms with van der Waals surface area (Å²) in [6.45, 7) is 5.22. The van der Waals surface area contributed by atoms with Crippen LogP contribution in [0.4, 0.5) is 0 Å². The summed E-state index contributed by atoms with van der Waals surface area (Å²) in [5.41, 5.74) is 0.617. The minimum Gasteiger partial charge on any atom is -0.496 e. The molecule has 1 amide bonds. The summed E-state index contributed by atoms with van der Waals surface area (Å²) >= 11 is 1.63. The smallest absolute Gasteiger partial charge is 0.257 e. The molecular formula is C15H21NO3S. The van der Waals surface area contributed by atoms with Crippen LogP contribution in [0.1, 0.15) is 24.2 Å². The predicted octanol–water partition coefficient (Wildman–Crippen LogP) is 2.67. The monoisotopic (exact) mass is 295 g/mol. The molecule has 110 valence electrons. The van der Waals surface area contributed by atoms with Crippen LogP contribution in [0, 0.1) is 0 Å². The quantitative estimate of drug-likeness (QED) is 0.804. The standard InChI is InChI=1S/C15H21NO3S/c1-10-8-16(9-11(2)19-10)15(17)13-6-5-12(20-4)7-14(13)18-3/h5-7,10-11H,8-9H2,1-4H3/t10-,11+. The summed E-state index contributed by atoms with van der Waals surface area (Å²) in [7, 11) is 1.60. The van der Waals surface area contributed by atoms with Crippen molar-refractivity contribution in [2.24, 2.45) is 0 Å². The molecule has 0 bridgehead atoms. The molecule has 2 rings (SSSR count). The molecule has 0 aromatic heterocycles. The van der Waals surface area contributed by atoms with Crippen molar-refractivity contribution in [2.45, 2.75) is 31.0 Å². The summed E-state index contributed by atoms with van der Waals surface area (Å²) in [6.07, 6.45) is 2.14. The Labute approximate surface area is 124 Å². The lowest BCUT2D eigenvalue weighted by atomic mass is 10.1. The van der Waals surface area contributed by atoms with Gasteiger partial charge in [-0.3, -0.25) is 4.79 Å². The van der Waals surface area contributed by atoms with Gasteiger partial charge in [0, 0.05) is 18.0 Å². The maximum absolute atomic E-state index is 12.7. The number of methoxy groups -OCH3 is 1. The Bertz CT molecular complexity index is 482. The predicted molar refractivity (Wildman–Crippen MR) is 80.7 cm³/mol. The van der Waals surface area contributed by atoms with E-state index < -0.39 is 0 Å². The van der Waals surface area contributed by atoms with Gasteiger partial charge >= 0.3 is 0 Å². The fourth-order valence-electron chi connectivity index (χ4n) is 2.49. The first-order valence-corrected chi connectivity index (χ1v) is 7.94. The lowest BCUT2D eigenvalue weighted by molar-refractivity contribution is -0.0586. The van der Waals surface area contributed by atoms with Crippen LogP contribution in [0.25, 0.3) is 0 Å². The second-order valence-corrected chi connectivity index (χ2v) is 5.91. The zero-order chi connectivity index (χ0) is 14.7. The van der Waals surface area contributed by atoms with Crippen LogP contribution in [0.3, 0.4) is 0 Å². The first-order valence-electron chi connectivity index (χ1n) is 6.72. The molecule has 1 fully saturated rings. The number of hydrogen-bond donors (Lipinski definition) is 0. The van der Waals surface area contributed by atoms with Crippen LogP contribution in [0.5, 0.6) is 5.75 Å². The SMILES string of the molecule is COc1cc(SC)ccc1C(=O)N1C[C@@H](C)O[C@@H](C)C1. The van der Waals surface area contributed by atoms with Crippen LogP contribution in [0.2, 0.25) is 0 Å². The van der Waals surface area contributed by atoms with Crippen molar-refractivity contribution in [3.63, 3.8) is 0 Å². The van der Waals surface area contributed by atoms with Gasteiger partial charge in [0.15, 0.2) is 0 Å². The van der Waals surface area contributed by atoms with Gasteiger partial charge in [-0.15, -0.1) is 11.8 Å². The third kappa shape index (κ3) is 3.27. The Morgan fingerprint density at radius 2 is 2.00 bits per heavy atom. The molecule has 5 heteroatoms. The molecule has 0 saturated carbocycles. The van der Waals surface area contributed by atoms with E-state index in [1.54, 1.807) is 18.9 Å². The molecule has 0 radical (unpaired) electrons. The highest BCUT2D eigenvalue weighted by molar-refractivity contribution is 7.98. The topological polar surface area (TPSA) is 38.8 Å². The van der Waals surface area contributed by atoms with Crippen molar-refractivity contribution in [3.8, 4) is 5.75 Å². The molecule has 2 atom stereocenters. The third-order valence-electron chi connectivity index (χ3n) is 3.35. The van der Waals surface area contributed by atoms with Gasteiger partial charge in [0.05, 0.1) is 24.9 Å². The van der Waals surface area contributed by atoms with Gasteiger partial charge in [0.1, 0.15) is 5.75 Å². The molecule has 0 N–H and O–H groups in total. The number of thioether (sulfide) groups is 1. The number of ether oxygens (including phenoxy) is 2. The highest BCUT2D eigenvalue weighted by atomic mass is 32.2. The van der Waals surface area contributed by atoms with Gasteiger partial charge in [-0.05, 0) is 38.3 Å². The van der Waals surface area contributed by atoms with Crippen LogP contribution < -0.4 is 4.74 Å². The van der Waals surface area contributed by atoms with Crippen LogP contribution >= 0.6 is 11.8 Å². The Hall–Kier alpha value is -1.20. The zero-order valence-corrected chi connectivity index (χ0v) is 13.2. The zero-order valence-electron chi connectivity index (χ0n) is 12.4. The number of morpholine rings is 1. The third-order valence-corrected chi connectivity index (χ3v) is 4.07. The number of amides is 1. The molecule has 1 aliphatic rings. The maximum atomic E-state index is 12.7. The summed E-state index contributed by atoms with van der Waals surface area (Å²) in [5, 5.41) is 0. The fourth-order valence-corrected chi connectivity index (χ4v) is 2.92. The van der Waals surface area contributed by atoms with Gasteiger partial charge in [-0.2, -0.15) is 0 Å². The van der Waals surface area contributed by atoms with Crippen molar-refractivity contribution < 1.29 is 14.3 Å². The van der Waals surface area contributed by atoms with Gasteiger partial charge in [0.2, 0.25) is 0 Å². The minimum absolute atomic E-state index is 0.0107. The second-order valence-electron chi connectivity index (χ2n) is 5.03. The van der Waals surface area contributed by atoms with Gasteiger partial charge in [-0.1, -0.05) is 0 Å². The van der Waals surface area contributed by atoms with Gasteiger partial charge in [-0.25, -0.2) is 0 Å². The van der Waals surface area contributed by atoms with E-state index in [0.717, 1.165) is 4.90 Å². The highest BCUT2D eigenvalue weighted by Gasteiger charge is 2.28. The van der Waals surface area contributed by atoms with Crippen LogP contribution in [-0.2, 0) is 4.74 Å². The normalized spacial score (nSPS) is 22.7. The fraction of sp³-hybridized carbons (Fsp3) is 0.533. The van der Waals surface area contributed by atoms with Crippen molar-refractivity contribution in [1.82, 2.24) is 4.90 Å². The number of benzene rings is 1. The van der Waals surface area contributed by atoms with E-state index in [9.17, 15) is 4.79 Å². The van der Waals surface area contributed by atoms with E-state index in [0.29, 0.717) is 24.4 Å². The van der Waals surface area contributed by atoms with E-state index in [-0.39, 0.29) is 18.1 Å². The highest BCUT2D eigenvalue weighted by Crippen LogP contribution is 2.27. The summed E-state index contributed by atoms with van der Waals surface area (Å²) in [6, 6.07) is 5.71. The summed E-state index contributed by atoms with van der Waals surface area (Å²) < 4.78 is 11.0. The molecule has 1 aromatic carbocycles. The molecule has 1 aromatic rings. The molecule has 1 heterocycles. The number of nitrogens with zero attached hydrogens (tertiary/aromatic N) is 1. The Morgan fingerprint density at radius 3 is 2.55 bits per heavy atom. The second kappa shape index (κ2) is 6.50. The maximum Gasteiger partial charge on any atom is 0.257 e. The number of hydrogen-bond acceptors (Lipinski definition) is 4. The molecule has 4 nitrogen and oxygen atoms in total. The van der Waals surface area contributed by atoms with E-state index in [4.69, 9.17) is 9.47 Å². The molecule has 1 aliphatic heterocycles. The Morgan fingerprint density at radius 1 is 1.35 bits per heavy atom. The lowest BCUT2D eigenvalue weighted by Gasteiger charge is -2.35. The van der Waals surface area contributed by atoms with E-state index in [1.807, 2.05) is 43.2 Å². The van der Waals surface area contributed by atoms with Crippen LogP contribution in [0.15, 0.2) is 23.1 Å². The summed E-state index contributed by atoms with van der Waals surface area (Å²) in [4.78, 5) is 15.6. The average molecular weight is 295 g/mol. The number of rotatable bonds is 3. The molecule has 0 aliphatic carbocycles. The number of carbonyl (C=O) groups excluding carboxylic acids is 1. The molecule has 0 unspecified atom stereocenters. The van der Waals surface area contributed by atoms with E-state index >= 15 is 0 Å². The lowest BCUT2D eigenvalue weighted by Crippen LogP contribution is -2.48. The summed E-state index contributed by atoms with van der Waals surface area (Å²) in [5.74, 6) is 0.644. The Balaban J connectivity index is 2.24. The van der Waals surface area contributed by atoms with Crippen LogP contribution in [-0.4, -0.2) is 49.5 Å². The minimum atomic E-state index is 0.0107. The van der Waals surface area contributed by atoms with Crippen molar-refractivity contribution >= 4 is 17.7 Å².